The van der Waals surface area contributed by atoms with Crippen LogP contribution in [-0.4, -0.2) is 53.0 Å². The van der Waals surface area contributed by atoms with E-state index in [1.54, 1.807) is 10.7 Å². The fourth-order valence-corrected chi connectivity index (χ4v) is 5.23. The summed E-state index contributed by atoms with van der Waals surface area (Å²) < 4.78 is 7.11. The molecule has 1 fully saturated rings. The van der Waals surface area contributed by atoms with Gasteiger partial charge in [-0.15, -0.1) is 0 Å². The lowest BCUT2D eigenvalue weighted by Crippen LogP contribution is -2.49. The average Bonchev–Trinajstić information content (AvgIpc) is 3.20. The van der Waals surface area contributed by atoms with Gasteiger partial charge in [0.05, 0.1) is 25.5 Å². The van der Waals surface area contributed by atoms with Gasteiger partial charge in [0.15, 0.2) is 0 Å². The number of piperidine rings is 1. The number of aromatic nitrogens is 2. The van der Waals surface area contributed by atoms with E-state index in [2.05, 4.69) is 39.6 Å². The van der Waals surface area contributed by atoms with Gasteiger partial charge in [0.25, 0.3) is 5.56 Å². The number of ether oxygens (including phenoxy) is 1. The van der Waals surface area contributed by atoms with Gasteiger partial charge in [0, 0.05) is 43.2 Å². The lowest BCUT2D eigenvalue weighted by Gasteiger charge is -2.36. The maximum Gasteiger partial charge on any atom is 0.267 e. The molecule has 6 heteroatoms. The normalized spacial score (nSPS) is 22.1. The van der Waals surface area contributed by atoms with Gasteiger partial charge < -0.3 is 10.1 Å². The third-order valence-electron chi connectivity index (χ3n) is 6.95. The summed E-state index contributed by atoms with van der Waals surface area (Å²) in [7, 11) is 0. The van der Waals surface area contributed by atoms with Crippen LogP contribution in [0.4, 0.5) is 0 Å². The largest absolute Gasteiger partial charge is 0.376 e. The molecule has 5 rings (SSSR count). The van der Waals surface area contributed by atoms with E-state index in [0.29, 0.717) is 31.8 Å². The van der Waals surface area contributed by atoms with E-state index < -0.39 is 0 Å². The third-order valence-corrected chi connectivity index (χ3v) is 6.95. The molecule has 3 heterocycles. The van der Waals surface area contributed by atoms with Crippen molar-refractivity contribution in [2.75, 3.05) is 26.2 Å². The minimum atomic E-state index is -0.00495. The molecule has 0 saturated carbocycles. The van der Waals surface area contributed by atoms with Gasteiger partial charge in [0.1, 0.15) is 0 Å². The minimum absolute atomic E-state index is 0.00495. The number of hydrogen-bond acceptors (Lipinski definition) is 5. The summed E-state index contributed by atoms with van der Waals surface area (Å²) in [5, 5.41) is 8.48. The Kier molecular flexibility index (Phi) is 5.97. The molecule has 1 aromatic heterocycles. The van der Waals surface area contributed by atoms with E-state index in [1.807, 2.05) is 0 Å². The molecular weight excluding hydrogens is 376 g/mol. The Bertz CT molecular complexity index is 916. The predicted octanol–water partition coefficient (Wildman–Crippen LogP) is 1.93. The van der Waals surface area contributed by atoms with Crippen LogP contribution in [0.1, 0.15) is 41.6 Å². The number of nitrogens with zero attached hydrogens (tertiary/aromatic N) is 3. The van der Waals surface area contributed by atoms with Crippen LogP contribution in [0.15, 0.2) is 35.1 Å². The van der Waals surface area contributed by atoms with Crippen molar-refractivity contribution in [2.24, 2.45) is 0 Å². The first-order chi connectivity index (χ1) is 14.8. The second-order valence-corrected chi connectivity index (χ2v) is 8.95. The standard InChI is InChI=1S/C24H32N4O2/c29-24-15-20-17-30-12-8-23(20)26-28(24)11-10-27-9-4-3-7-22(27)16-25-21-13-18-5-1-2-6-19(18)14-21/h1-2,5-6,15,21-22,25H,3-4,7-14,16-17H2. The fraction of sp³-hybridized carbons (Fsp3) is 0.583. The minimum Gasteiger partial charge on any atom is -0.376 e. The third kappa shape index (κ3) is 4.36. The van der Waals surface area contributed by atoms with Crippen LogP contribution in [0.3, 0.4) is 0 Å². The Balaban J connectivity index is 1.17. The molecular formula is C24H32N4O2. The first-order valence-electron chi connectivity index (χ1n) is 11.5. The van der Waals surface area contributed by atoms with Crippen molar-refractivity contribution in [3.63, 3.8) is 0 Å². The maximum atomic E-state index is 12.5. The smallest absolute Gasteiger partial charge is 0.267 e. The Morgan fingerprint density at radius 1 is 1.10 bits per heavy atom. The highest BCUT2D eigenvalue weighted by Crippen LogP contribution is 2.22. The zero-order chi connectivity index (χ0) is 20.3. The topological polar surface area (TPSA) is 59.4 Å². The summed E-state index contributed by atoms with van der Waals surface area (Å²) in [6, 6.07) is 11.6. The molecule has 1 saturated heterocycles. The zero-order valence-electron chi connectivity index (χ0n) is 17.7. The fourth-order valence-electron chi connectivity index (χ4n) is 5.23. The second kappa shape index (κ2) is 9.00. The van der Waals surface area contributed by atoms with Gasteiger partial charge in [-0.25, -0.2) is 4.68 Å². The van der Waals surface area contributed by atoms with Crippen molar-refractivity contribution in [3.05, 3.63) is 63.1 Å². The van der Waals surface area contributed by atoms with Gasteiger partial charge in [-0.1, -0.05) is 30.7 Å². The lowest BCUT2D eigenvalue weighted by molar-refractivity contribution is 0.107. The van der Waals surface area contributed by atoms with E-state index in [4.69, 9.17) is 4.74 Å². The van der Waals surface area contributed by atoms with Crippen LogP contribution in [0.2, 0.25) is 0 Å². The van der Waals surface area contributed by atoms with E-state index in [1.165, 1.54) is 30.4 Å². The van der Waals surface area contributed by atoms with E-state index in [0.717, 1.165) is 50.2 Å². The summed E-state index contributed by atoms with van der Waals surface area (Å²) in [5.74, 6) is 0. The molecule has 2 aliphatic heterocycles. The summed E-state index contributed by atoms with van der Waals surface area (Å²) in [6.07, 6.45) is 6.86. The SMILES string of the molecule is O=c1cc2c(nn1CCN1CCCCC1CNC1Cc3ccccc3C1)CCOC2. The van der Waals surface area contributed by atoms with E-state index in [9.17, 15) is 4.79 Å². The van der Waals surface area contributed by atoms with Gasteiger partial charge in [0.2, 0.25) is 0 Å². The first-order valence-corrected chi connectivity index (χ1v) is 11.5. The quantitative estimate of drug-likeness (QED) is 0.792. The average molecular weight is 409 g/mol. The molecule has 0 bridgehead atoms. The Morgan fingerprint density at radius 3 is 2.77 bits per heavy atom. The highest BCUT2D eigenvalue weighted by Gasteiger charge is 2.26. The molecule has 160 valence electrons. The molecule has 3 aliphatic rings. The summed E-state index contributed by atoms with van der Waals surface area (Å²) >= 11 is 0. The lowest BCUT2D eigenvalue weighted by atomic mass is 10.0. The Labute approximate surface area is 178 Å². The first kappa shape index (κ1) is 19.9. The molecule has 1 aliphatic carbocycles. The number of nitrogens with one attached hydrogen (secondary N) is 1. The molecule has 30 heavy (non-hydrogen) atoms. The summed E-state index contributed by atoms with van der Waals surface area (Å²) in [6.45, 7) is 4.91. The van der Waals surface area contributed by atoms with Crippen LogP contribution < -0.4 is 10.9 Å². The Morgan fingerprint density at radius 2 is 1.93 bits per heavy atom. The Hall–Kier alpha value is -2.02. The van der Waals surface area contributed by atoms with Crippen LogP contribution in [0, 0.1) is 0 Å². The van der Waals surface area contributed by atoms with Crippen molar-refractivity contribution in [3.8, 4) is 0 Å². The van der Waals surface area contributed by atoms with Crippen LogP contribution in [0.25, 0.3) is 0 Å². The second-order valence-electron chi connectivity index (χ2n) is 8.95. The molecule has 1 atom stereocenters. The molecule has 0 spiro atoms. The molecule has 1 N–H and O–H groups in total. The van der Waals surface area contributed by atoms with Crippen molar-refractivity contribution in [1.82, 2.24) is 20.0 Å². The molecule has 2 aromatic rings. The molecule has 0 radical (unpaired) electrons. The van der Waals surface area contributed by atoms with Gasteiger partial charge in [-0.2, -0.15) is 5.10 Å². The predicted molar refractivity (Wildman–Crippen MR) is 117 cm³/mol. The van der Waals surface area contributed by atoms with E-state index in [-0.39, 0.29) is 5.56 Å². The maximum absolute atomic E-state index is 12.5. The number of benzene rings is 1. The van der Waals surface area contributed by atoms with Crippen LogP contribution in [-0.2, 0) is 37.2 Å². The number of likely N-dealkylation sites (tertiary alicyclic amines) is 1. The highest BCUT2D eigenvalue weighted by atomic mass is 16.5. The van der Waals surface area contributed by atoms with Crippen molar-refractivity contribution in [1.29, 1.82) is 0 Å². The molecule has 6 nitrogen and oxygen atoms in total. The highest BCUT2D eigenvalue weighted by molar-refractivity contribution is 5.33. The molecule has 0 amide bonds. The van der Waals surface area contributed by atoms with Crippen molar-refractivity contribution in [2.45, 2.75) is 63.8 Å². The zero-order valence-corrected chi connectivity index (χ0v) is 17.7. The summed E-state index contributed by atoms with van der Waals surface area (Å²) in [4.78, 5) is 15.0. The monoisotopic (exact) mass is 408 g/mol. The number of rotatable bonds is 6. The van der Waals surface area contributed by atoms with Gasteiger partial charge >= 0.3 is 0 Å². The van der Waals surface area contributed by atoms with Gasteiger partial charge in [-0.05, 0) is 43.4 Å². The van der Waals surface area contributed by atoms with Crippen LogP contribution in [0.5, 0.6) is 0 Å². The summed E-state index contributed by atoms with van der Waals surface area (Å²) in [5.41, 5.74) is 4.98. The van der Waals surface area contributed by atoms with Crippen molar-refractivity contribution >= 4 is 0 Å². The van der Waals surface area contributed by atoms with Gasteiger partial charge in [-0.3, -0.25) is 9.69 Å². The number of fused-ring (bicyclic) bond motifs is 2. The molecule has 1 aromatic carbocycles. The van der Waals surface area contributed by atoms with Crippen LogP contribution >= 0.6 is 0 Å². The van der Waals surface area contributed by atoms with Crippen molar-refractivity contribution < 1.29 is 4.74 Å². The molecule has 1 unspecified atom stereocenters. The number of hydrogen-bond donors (Lipinski definition) is 1. The van der Waals surface area contributed by atoms with E-state index >= 15 is 0 Å².